The average molecular weight is 319 g/mol. The highest BCUT2D eigenvalue weighted by Crippen LogP contribution is 2.68. The van der Waals surface area contributed by atoms with Gasteiger partial charge in [-0.3, -0.25) is 19.7 Å². The molecule has 5 aliphatic rings. The van der Waals surface area contributed by atoms with Crippen LogP contribution in [0.5, 0.6) is 0 Å². The Kier molecular flexibility index (Phi) is 2.90. The molecule has 1 heterocycles. The summed E-state index contributed by atoms with van der Waals surface area (Å²) in [7, 11) is 0. The Balaban J connectivity index is 1.72. The van der Waals surface area contributed by atoms with E-state index in [9.17, 15) is 19.5 Å². The molecular formula is C16H21N3O4. The fourth-order valence-electron chi connectivity index (χ4n) is 6.45. The largest absolute Gasteiger partial charge is 0.481 e. The molecule has 4 aliphatic carbocycles. The monoisotopic (exact) mass is 319 g/mol. The quantitative estimate of drug-likeness (QED) is 0.659. The molecule has 4 saturated carbocycles. The van der Waals surface area contributed by atoms with Crippen molar-refractivity contribution in [2.45, 2.75) is 44.9 Å². The first kappa shape index (κ1) is 14.7. The van der Waals surface area contributed by atoms with E-state index in [1.165, 1.54) is 0 Å². The van der Waals surface area contributed by atoms with Gasteiger partial charge in [0.15, 0.2) is 0 Å². The number of amides is 2. The first-order valence-electron chi connectivity index (χ1n) is 8.22. The van der Waals surface area contributed by atoms with Gasteiger partial charge < -0.3 is 10.8 Å². The van der Waals surface area contributed by atoms with E-state index in [0.29, 0.717) is 18.3 Å². The lowest BCUT2D eigenvalue weighted by atomic mass is 9.41. The number of carbonyl (C=O) groups excluding carboxylic acids is 2. The van der Waals surface area contributed by atoms with Crippen molar-refractivity contribution in [3.8, 4) is 0 Å². The normalized spacial score (nSPS) is 44.9. The van der Waals surface area contributed by atoms with E-state index in [-0.39, 0.29) is 23.7 Å². The van der Waals surface area contributed by atoms with Gasteiger partial charge in [-0.05, 0) is 61.2 Å². The molecule has 4 N–H and O–H groups in total. The minimum atomic E-state index is -0.811. The molecule has 4 fully saturated rings. The Morgan fingerprint density at radius 2 is 1.91 bits per heavy atom. The minimum Gasteiger partial charge on any atom is -0.481 e. The Bertz CT molecular complexity index is 627. The molecule has 5 rings (SSSR count). The maximum atomic E-state index is 12.4. The minimum absolute atomic E-state index is 0.135. The Morgan fingerprint density at radius 3 is 2.48 bits per heavy atom. The van der Waals surface area contributed by atoms with Crippen molar-refractivity contribution < 1.29 is 19.5 Å². The molecule has 0 spiro atoms. The summed E-state index contributed by atoms with van der Waals surface area (Å²) in [5.74, 6) is -1.73. The van der Waals surface area contributed by atoms with Gasteiger partial charge in [0.25, 0.3) is 5.91 Å². The molecule has 1 aliphatic heterocycles. The number of nitrogens with zero attached hydrogens (tertiary/aromatic N) is 1. The molecule has 2 amide bonds. The zero-order valence-electron chi connectivity index (χ0n) is 12.9. The Morgan fingerprint density at radius 1 is 1.26 bits per heavy atom. The van der Waals surface area contributed by atoms with Crippen LogP contribution in [0.15, 0.2) is 4.99 Å². The maximum absolute atomic E-state index is 12.4. The molecule has 0 aromatic carbocycles. The molecule has 0 aromatic rings. The van der Waals surface area contributed by atoms with Gasteiger partial charge in [-0.1, -0.05) is 0 Å². The number of aliphatic imine (C=N–C) groups is 1. The fourth-order valence-corrected chi connectivity index (χ4v) is 6.45. The highest BCUT2D eigenvalue weighted by Gasteiger charge is 2.63. The van der Waals surface area contributed by atoms with Gasteiger partial charge in [0.1, 0.15) is 5.92 Å². The molecule has 124 valence electrons. The Labute approximate surface area is 133 Å². The molecule has 7 nitrogen and oxygen atoms in total. The van der Waals surface area contributed by atoms with Crippen molar-refractivity contribution in [2.75, 3.05) is 0 Å². The van der Waals surface area contributed by atoms with Gasteiger partial charge in [-0.2, -0.15) is 4.99 Å². The summed E-state index contributed by atoms with van der Waals surface area (Å²) < 4.78 is 0. The van der Waals surface area contributed by atoms with Crippen LogP contribution in [0.1, 0.15) is 44.9 Å². The van der Waals surface area contributed by atoms with Crippen molar-refractivity contribution in [1.82, 2.24) is 5.32 Å². The second-order valence-electron chi connectivity index (χ2n) is 8.15. The number of nitrogens with two attached hydrogens (primary N) is 1. The van der Waals surface area contributed by atoms with Crippen LogP contribution in [0.2, 0.25) is 0 Å². The number of carboxylic acids is 1. The van der Waals surface area contributed by atoms with Crippen molar-refractivity contribution in [1.29, 1.82) is 0 Å². The average Bonchev–Trinajstić information content (AvgIpc) is 2.32. The van der Waals surface area contributed by atoms with Crippen LogP contribution in [-0.4, -0.2) is 28.8 Å². The molecule has 3 unspecified atom stereocenters. The van der Waals surface area contributed by atoms with Crippen LogP contribution in [0.4, 0.5) is 0 Å². The molecule has 4 bridgehead atoms. The summed E-state index contributed by atoms with van der Waals surface area (Å²) in [5, 5.41) is 11.8. The molecule has 23 heavy (non-hydrogen) atoms. The number of hydrogen-bond acceptors (Lipinski definition) is 4. The summed E-state index contributed by atoms with van der Waals surface area (Å²) in [4.78, 5) is 40.0. The van der Waals surface area contributed by atoms with Crippen LogP contribution in [0, 0.1) is 28.6 Å². The van der Waals surface area contributed by atoms with Crippen molar-refractivity contribution >= 4 is 23.7 Å². The third-order valence-electron chi connectivity index (χ3n) is 6.36. The second kappa shape index (κ2) is 4.55. The molecule has 0 saturated heterocycles. The van der Waals surface area contributed by atoms with Crippen LogP contribution >= 0.6 is 0 Å². The molecule has 0 radical (unpaired) electrons. The second-order valence-corrected chi connectivity index (χ2v) is 8.15. The predicted molar refractivity (Wildman–Crippen MR) is 80.1 cm³/mol. The zero-order valence-corrected chi connectivity index (χ0v) is 12.9. The molecule has 7 heteroatoms. The van der Waals surface area contributed by atoms with Crippen LogP contribution < -0.4 is 11.1 Å². The summed E-state index contributed by atoms with van der Waals surface area (Å²) in [6, 6.07) is 0. The number of carbonyl (C=O) groups is 3. The third kappa shape index (κ3) is 2.16. The van der Waals surface area contributed by atoms with Crippen molar-refractivity contribution in [3.63, 3.8) is 0 Å². The van der Waals surface area contributed by atoms with E-state index in [0.717, 1.165) is 32.1 Å². The number of rotatable bonds is 3. The van der Waals surface area contributed by atoms with E-state index in [4.69, 9.17) is 5.73 Å². The van der Waals surface area contributed by atoms with Gasteiger partial charge in [-0.15, -0.1) is 0 Å². The molecular weight excluding hydrogens is 298 g/mol. The van der Waals surface area contributed by atoms with Crippen molar-refractivity contribution in [2.24, 2.45) is 39.3 Å². The summed E-state index contributed by atoms with van der Waals surface area (Å²) in [5.41, 5.74) is 4.78. The summed E-state index contributed by atoms with van der Waals surface area (Å²) in [6.07, 6.45) is 5.33. The molecule has 0 aromatic heterocycles. The number of guanidine groups is 1. The topological polar surface area (TPSA) is 122 Å². The van der Waals surface area contributed by atoms with E-state index < -0.39 is 23.2 Å². The highest BCUT2D eigenvalue weighted by molar-refractivity contribution is 6.15. The van der Waals surface area contributed by atoms with Gasteiger partial charge in [0.05, 0.1) is 6.42 Å². The van der Waals surface area contributed by atoms with Gasteiger partial charge in [0, 0.05) is 0 Å². The number of nitrogens with one attached hydrogen (secondary N) is 1. The number of hydrogen-bond donors (Lipinski definition) is 3. The lowest BCUT2D eigenvalue weighted by Gasteiger charge is -2.63. The van der Waals surface area contributed by atoms with Gasteiger partial charge >= 0.3 is 5.97 Å². The highest BCUT2D eigenvalue weighted by atomic mass is 16.4. The van der Waals surface area contributed by atoms with Gasteiger partial charge in [-0.25, -0.2) is 0 Å². The smallest absolute Gasteiger partial charge is 0.303 e. The van der Waals surface area contributed by atoms with Gasteiger partial charge in [0.2, 0.25) is 11.9 Å². The fraction of sp³-hybridized carbons (Fsp3) is 0.750. The standard InChI is InChI=1S/C16H21N3O4/c17-14-18-12(22)11(13(23)19-14)16-4-8-1-9(5-16)3-15(2-8,7-16)6-10(20)21/h8-9,11H,1-7H2,(H,20,21)(H3,17,18,19,22,23)/t8-,9+,15?,16?. The zero-order chi connectivity index (χ0) is 16.4. The third-order valence-corrected chi connectivity index (χ3v) is 6.36. The van der Waals surface area contributed by atoms with E-state index in [1.807, 2.05) is 0 Å². The van der Waals surface area contributed by atoms with E-state index >= 15 is 0 Å². The maximum Gasteiger partial charge on any atom is 0.303 e. The summed E-state index contributed by atoms with van der Waals surface area (Å²) >= 11 is 0. The van der Waals surface area contributed by atoms with E-state index in [1.54, 1.807) is 0 Å². The Hall–Kier alpha value is -1.92. The van der Waals surface area contributed by atoms with Crippen LogP contribution in [-0.2, 0) is 14.4 Å². The molecule has 5 atom stereocenters. The number of aliphatic carboxylic acids is 1. The first-order chi connectivity index (χ1) is 10.8. The predicted octanol–water partition coefficient (Wildman–Crippen LogP) is 0.635. The SMILES string of the molecule is NC1=NC(=O)C(C23C[C@@H]4C[C@@H](CC(CC(=O)O)(C4)C2)C3)C(=O)N1. The first-order valence-corrected chi connectivity index (χ1v) is 8.22. The van der Waals surface area contributed by atoms with Crippen LogP contribution in [0.3, 0.4) is 0 Å². The number of carboxylic acid groups (broad SMARTS) is 1. The van der Waals surface area contributed by atoms with Crippen molar-refractivity contribution in [3.05, 3.63) is 0 Å². The van der Waals surface area contributed by atoms with E-state index in [2.05, 4.69) is 10.3 Å². The lowest BCUT2D eigenvalue weighted by molar-refractivity contribution is -0.169. The lowest BCUT2D eigenvalue weighted by Crippen LogP contribution is -2.61. The summed E-state index contributed by atoms with van der Waals surface area (Å²) in [6.45, 7) is 0. The van der Waals surface area contributed by atoms with Crippen LogP contribution in [0.25, 0.3) is 0 Å².